The molecule has 0 saturated carbocycles. The summed E-state index contributed by atoms with van der Waals surface area (Å²) < 4.78 is 0. The third-order valence-electron chi connectivity index (χ3n) is 4.20. The Kier molecular flexibility index (Phi) is 2.70. The lowest BCUT2D eigenvalue weighted by atomic mass is 10.1. The molecule has 0 N–H and O–H groups in total. The summed E-state index contributed by atoms with van der Waals surface area (Å²) >= 11 is 0. The van der Waals surface area contributed by atoms with Gasteiger partial charge in [-0.25, -0.2) is 0 Å². The summed E-state index contributed by atoms with van der Waals surface area (Å²) in [6.45, 7) is 3.69. The van der Waals surface area contributed by atoms with Gasteiger partial charge >= 0.3 is 0 Å². The zero-order valence-corrected chi connectivity index (χ0v) is 9.97. The van der Waals surface area contributed by atoms with E-state index in [0.29, 0.717) is 0 Å². The van der Waals surface area contributed by atoms with Crippen LogP contribution in [-0.2, 0) is 6.54 Å². The average Bonchev–Trinajstić information content (AvgIpc) is 2.86. The summed E-state index contributed by atoms with van der Waals surface area (Å²) in [4.78, 5) is 5.21. The highest BCUT2D eigenvalue weighted by atomic mass is 15.3. The van der Waals surface area contributed by atoms with Crippen LogP contribution in [0.1, 0.15) is 18.4 Å². The average molecular weight is 216 g/mol. The maximum absolute atomic E-state index is 2.67. The molecule has 0 amide bonds. The Morgan fingerprint density at radius 3 is 2.62 bits per heavy atom. The summed E-state index contributed by atoms with van der Waals surface area (Å²) in [7, 11) is 2.27. The molecule has 2 fully saturated rings. The summed E-state index contributed by atoms with van der Waals surface area (Å²) in [6, 6.07) is 12.5. The van der Waals surface area contributed by atoms with Crippen LogP contribution in [0.15, 0.2) is 30.3 Å². The van der Waals surface area contributed by atoms with Crippen LogP contribution < -0.4 is 0 Å². The Morgan fingerprint density at radius 2 is 1.81 bits per heavy atom. The van der Waals surface area contributed by atoms with E-state index in [9.17, 15) is 0 Å². The molecule has 86 valence electrons. The van der Waals surface area contributed by atoms with Crippen molar-refractivity contribution >= 4 is 0 Å². The lowest BCUT2D eigenvalue weighted by molar-refractivity contribution is 0.232. The highest BCUT2D eigenvalue weighted by molar-refractivity contribution is 5.15. The van der Waals surface area contributed by atoms with Crippen LogP contribution in [0, 0.1) is 0 Å². The van der Waals surface area contributed by atoms with Gasteiger partial charge in [0.2, 0.25) is 0 Å². The van der Waals surface area contributed by atoms with E-state index >= 15 is 0 Å². The first-order chi connectivity index (χ1) is 7.84. The van der Waals surface area contributed by atoms with E-state index in [0.717, 1.165) is 18.6 Å². The number of fused-ring (bicyclic) bond motifs is 1. The zero-order chi connectivity index (χ0) is 11.0. The van der Waals surface area contributed by atoms with Gasteiger partial charge in [0.05, 0.1) is 0 Å². The van der Waals surface area contributed by atoms with Gasteiger partial charge in [-0.05, 0) is 32.0 Å². The first-order valence-corrected chi connectivity index (χ1v) is 6.33. The number of likely N-dealkylation sites (tertiary alicyclic amines) is 2. The second-order valence-electron chi connectivity index (χ2n) is 5.15. The van der Waals surface area contributed by atoms with Crippen LogP contribution >= 0.6 is 0 Å². The minimum Gasteiger partial charge on any atom is -0.302 e. The van der Waals surface area contributed by atoms with Gasteiger partial charge in [0, 0.05) is 25.2 Å². The quantitative estimate of drug-likeness (QED) is 0.745. The van der Waals surface area contributed by atoms with Gasteiger partial charge in [0.25, 0.3) is 0 Å². The molecular formula is C14H20N2. The minimum absolute atomic E-state index is 0.810. The van der Waals surface area contributed by atoms with Crippen molar-refractivity contribution in [1.82, 2.24) is 9.80 Å². The number of hydrogen-bond acceptors (Lipinski definition) is 2. The smallest absolute Gasteiger partial charge is 0.0267 e. The van der Waals surface area contributed by atoms with Crippen molar-refractivity contribution in [2.24, 2.45) is 0 Å². The highest BCUT2D eigenvalue weighted by Crippen LogP contribution is 2.31. The molecule has 3 rings (SSSR count). The van der Waals surface area contributed by atoms with Gasteiger partial charge in [0.1, 0.15) is 0 Å². The zero-order valence-electron chi connectivity index (χ0n) is 9.97. The topological polar surface area (TPSA) is 6.48 Å². The Balaban J connectivity index is 1.69. The maximum atomic E-state index is 2.67. The minimum atomic E-state index is 0.810. The van der Waals surface area contributed by atoms with Crippen molar-refractivity contribution in [3.05, 3.63) is 35.9 Å². The summed E-state index contributed by atoms with van der Waals surface area (Å²) in [5.74, 6) is 0. The standard InChI is InChI=1S/C14H20N2/c1-15-9-7-14-13(15)8-10-16(14)11-12-5-3-2-4-6-12/h2-6,13-14H,7-11H2,1H3. The van der Waals surface area contributed by atoms with Gasteiger partial charge in [-0.1, -0.05) is 30.3 Å². The Bertz CT molecular complexity index is 349. The van der Waals surface area contributed by atoms with Gasteiger partial charge < -0.3 is 4.90 Å². The lowest BCUT2D eigenvalue weighted by Crippen LogP contribution is -2.34. The molecule has 1 aromatic carbocycles. The Morgan fingerprint density at radius 1 is 1.06 bits per heavy atom. The van der Waals surface area contributed by atoms with Gasteiger partial charge in [-0.2, -0.15) is 0 Å². The fourth-order valence-electron chi connectivity index (χ4n) is 3.30. The van der Waals surface area contributed by atoms with E-state index < -0.39 is 0 Å². The van der Waals surface area contributed by atoms with Crippen molar-refractivity contribution < 1.29 is 0 Å². The third kappa shape index (κ3) is 1.76. The summed E-state index contributed by atoms with van der Waals surface area (Å²) in [6.07, 6.45) is 2.71. The van der Waals surface area contributed by atoms with Gasteiger partial charge in [0.15, 0.2) is 0 Å². The van der Waals surface area contributed by atoms with Crippen molar-refractivity contribution in [3.8, 4) is 0 Å². The molecule has 0 spiro atoms. The molecule has 2 heterocycles. The first kappa shape index (κ1) is 10.3. The van der Waals surface area contributed by atoms with E-state index in [2.05, 4.69) is 47.2 Å². The van der Waals surface area contributed by atoms with Crippen LogP contribution in [-0.4, -0.2) is 42.0 Å². The molecule has 16 heavy (non-hydrogen) atoms. The lowest BCUT2D eigenvalue weighted by Gasteiger charge is -2.24. The van der Waals surface area contributed by atoms with Crippen molar-refractivity contribution in [3.63, 3.8) is 0 Å². The Labute approximate surface area is 97.9 Å². The number of likely N-dealkylation sites (N-methyl/N-ethyl adjacent to an activating group) is 1. The van der Waals surface area contributed by atoms with Crippen LogP contribution in [0.25, 0.3) is 0 Å². The molecule has 0 aliphatic carbocycles. The fourth-order valence-corrected chi connectivity index (χ4v) is 3.30. The molecule has 2 unspecified atom stereocenters. The predicted molar refractivity (Wildman–Crippen MR) is 66.3 cm³/mol. The molecule has 2 aliphatic heterocycles. The molecule has 2 atom stereocenters. The van der Waals surface area contributed by atoms with Gasteiger partial charge in [-0.15, -0.1) is 0 Å². The van der Waals surface area contributed by atoms with Crippen LogP contribution in [0.5, 0.6) is 0 Å². The Hall–Kier alpha value is -0.860. The largest absolute Gasteiger partial charge is 0.302 e. The van der Waals surface area contributed by atoms with Crippen LogP contribution in [0.3, 0.4) is 0 Å². The molecule has 2 aliphatic rings. The third-order valence-corrected chi connectivity index (χ3v) is 4.20. The van der Waals surface area contributed by atoms with E-state index in [1.54, 1.807) is 0 Å². The van der Waals surface area contributed by atoms with Gasteiger partial charge in [-0.3, -0.25) is 4.90 Å². The first-order valence-electron chi connectivity index (χ1n) is 6.33. The monoisotopic (exact) mass is 216 g/mol. The van der Waals surface area contributed by atoms with Crippen molar-refractivity contribution in [2.75, 3.05) is 20.1 Å². The molecule has 0 bridgehead atoms. The number of hydrogen-bond donors (Lipinski definition) is 0. The predicted octanol–water partition coefficient (Wildman–Crippen LogP) is 1.97. The number of rotatable bonds is 2. The van der Waals surface area contributed by atoms with E-state index in [1.165, 1.54) is 31.5 Å². The van der Waals surface area contributed by atoms with E-state index in [1.807, 2.05) is 0 Å². The SMILES string of the molecule is CN1CCC2C1CCN2Cc1ccccc1. The molecule has 2 heteroatoms. The van der Waals surface area contributed by atoms with E-state index in [4.69, 9.17) is 0 Å². The summed E-state index contributed by atoms with van der Waals surface area (Å²) in [5, 5.41) is 0. The van der Waals surface area contributed by atoms with Crippen LogP contribution in [0.4, 0.5) is 0 Å². The molecule has 0 radical (unpaired) electrons. The van der Waals surface area contributed by atoms with Crippen molar-refractivity contribution in [2.45, 2.75) is 31.5 Å². The number of nitrogens with zero attached hydrogens (tertiary/aromatic N) is 2. The van der Waals surface area contributed by atoms with Crippen LogP contribution in [0.2, 0.25) is 0 Å². The second kappa shape index (κ2) is 4.19. The van der Waals surface area contributed by atoms with E-state index in [-0.39, 0.29) is 0 Å². The molecule has 0 aromatic heterocycles. The molecule has 2 nitrogen and oxygen atoms in total. The molecule has 2 saturated heterocycles. The number of benzene rings is 1. The second-order valence-corrected chi connectivity index (χ2v) is 5.15. The molecular weight excluding hydrogens is 196 g/mol. The summed E-state index contributed by atoms with van der Waals surface area (Å²) in [5.41, 5.74) is 1.46. The fraction of sp³-hybridized carbons (Fsp3) is 0.571. The highest BCUT2D eigenvalue weighted by Gasteiger charge is 2.40. The normalized spacial score (nSPS) is 30.8. The maximum Gasteiger partial charge on any atom is 0.0267 e. The van der Waals surface area contributed by atoms with Crippen molar-refractivity contribution in [1.29, 1.82) is 0 Å². The molecule has 1 aromatic rings.